The van der Waals surface area contributed by atoms with Crippen molar-refractivity contribution in [2.24, 2.45) is 0 Å². The number of benzene rings is 1. The number of carbonyl (C=O) groups excluding carboxylic acids is 1. The molecule has 0 saturated carbocycles. The lowest BCUT2D eigenvalue weighted by molar-refractivity contribution is -0.121. The Hall–Kier alpha value is -2.28. The summed E-state index contributed by atoms with van der Waals surface area (Å²) >= 11 is 0. The van der Waals surface area contributed by atoms with E-state index in [1.54, 1.807) is 18.2 Å². The molecule has 0 aliphatic carbocycles. The number of sulfonamides is 1. The maximum Gasteiger partial charge on any atom is 0.232 e. The first-order valence-electron chi connectivity index (χ1n) is 7.61. The smallest absolute Gasteiger partial charge is 0.232 e. The fourth-order valence-electron chi connectivity index (χ4n) is 2.26. The van der Waals surface area contributed by atoms with E-state index in [2.05, 4.69) is 5.32 Å². The molecule has 0 aliphatic rings. The Kier molecular flexibility index (Phi) is 5.66. The molecule has 1 aromatic carbocycles. The van der Waals surface area contributed by atoms with Crippen molar-refractivity contribution in [2.45, 2.75) is 26.8 Å². The number of nitrogens with zero attached hydrogens (tertiary/aromatic N) is 1. The summed E-state index contributed by atoms with van der Waals surface area (Å²) in [7, 11) is -3.47. The highest BCUT2D eigenvalue weighted by Crippen LogP contribution is 2.21. The van der Waals surface area contributed by atoms with Crippen molar-refractivity contribution in [3.8, 4) is 0 Å². The quantitative estimate of drug-likeness (QED) is 0.831. The van der Waals surface area contributed by atoms with Gasteiger partial charge in [0.25, 0.3) is 0 Å². The zero-order chi connectivity index (χ0) is 17.7. The molecule has 0 aliphatic heterocycles. The lowest BCUT2D eigenvalue weighted by Gasteiger charge is -2.23. The van der Waals surface area contributed by atoms with Gasteiger partial charge in [0.15, 0.2) is 0 Å². The fraction of sp³-hybridized carbons (Fsp3) is 0.353. The molecule has 0 radical (unpaired) electrons. The average Bonchev–Trinajstić information content (AvgIpc) is 3.01. The summed E-state index contributed by atoms with van der Waals surface area (Å²) in [5.41, 5.74) is 2.66. The first-order valence-corrected chi connectivity index (χ1v) is 9.46. The standard InChI is InChI=1S/C17H22N2O4S/c1-13-6-7-15(11-14(13)2)19(24(3,21)22)9-8-17(20)18-12-16-5-4-10-23-16/h4-7,10-11H,8-9,12H2,1-3H3,(H,18,20). The van der Waals surface area contributed by atoms with E-state index in [0.717, 1.165) is 17.4 Å². The van der Waals surface area contributed by atoms with Crippen molar-refractivity contribution in [1.82, 2.24) is 5.32 Å². The van der Waals surface area contributed by atoms with E-state index in [-0.39, 0.29) is 25.4 Å². The zero-order valence-electron chi connectivity index (χ0n) is 14.1. The third kappa shape index (κ3) is 4.86. The normalized spacial score (nSPS) is 11.3. The molecule has 1 aromatic heterocycles. The molecule has 7 heteroatoms. The second-order valence-electron chi connectivity index (χ2n) is 5.71. The minimum absolute atomic E-state index is 0.0701. The van der Waals surface area contributed by atoms with Crippen molar-refractivity contribution in [3.05, 3.63) is 53.5 Å². The van der Waals surface area contributed by atoms with Gasteiger partial charge in [-0.2, -0.15) is 0 Å². The molecular formula is C17H22N2O4S. The van der Waals surface area contributed by atoms with Crippen LogP contribution in [0.2, 0.25) is 0 Å². The first-order chi connectivity index (χ1) is 11.3. The molecule has 2 aromatic rings. The minimum atomic E-state index is -3.47. The summed E-state index contributed by atoms with van der Waals surface area (Å²) in [6.07, 6.45) is 2.75. The van der Waals surface area contributed by atoms with Crippen molar-refractivity contribution in [3.63, 3.8) is 0 Å². The minimum Gasteiger partial charge on any atom is -0.467 e. The van der Waals surface area contributed by atoms with Gasteiger partial charge in [0.2, 0.25) is 15.9 Å². The number of furan rings is 1. The van der Waals surface area contributed by atoms with Crippen LogP contribution in [0.25, 0.3) is 0 Å². The molecule has 0 spiro atoms. The molecule has 2 rings (SSSR count). The van der Waals surface area contributed by atoms with Crippen LogP contribution in [0, 0.1) is 13.8 Å². The summed E-state index contributed by atoms with van der Waals surface area (Å²) in [5, 5.41) is 2.71. The van der Waals surface area contributed by atoms with Crippen LogP contribution in [-0.4, -0.2) is 27.1 Å². The van der Waals surface area contributed by atoms with E-state index in [1.165, 1.54) is 10.6 Å². The van der Waals surface area contributed by atoms with E-state index in [1.807, 2.05) is 26.0 Å². The summed E-state index contributed by atoms with van der Waals surface area (Å²) < 4.78 is 30.5. The van der Waals surface area contributed by atoms with Crippen LogP contribution in [0.1, 0.15) is 23.3 Å². The maximum absolute atomic E-state index is 12.1. The monoisotopic (exact) mass is 350 g/mol. The Bertz CT molecular complexity index is 798. The van der Waals surface area contributed by atoms with Crippen LogP contribution in [0.15, 0.2) is 41.0 Å². The van der Waals surface area contributed by atoms with Gasteiger partial charge in [0.05, 0.1) is 24.8 Å². The molecule has 130 valence electrons. The highest BCUT2D eigenvalue weighted by molar-refractivity contribution is 7.92. The molecule has 0 unspecified atom stereocenters. The molecule has 1 heterocycles. The van der Waals surface area contributed by atoms with Gasteiger partial charge in [-0.3, -0.25) is 9.10 Å². The van der Waals surface area contributed by atoms with Crippen LogP contribution < -0.4 is 9.62 Å². The number of carbonyl (C=O) groups is 1. The van der Waals surface area contributed by atoms with Gasteiger partial charge in [0.1, 0.15) is 5.76 Å². The van der Waals surface area contributed by atoms with E-state index in [9.17, 15) is 13.2 Å². The number of hydrogen-bond donors (Lipinski definition) is 1. The van der Waals surface area contributed by atoms with Gasteiger partial charge in [0, 0.05) is 13.0 Å². The molecule has 24 heavy (non-hydrogen) atoms. The average molecular weight is 350 g/mol. The van der Waals surface area contributed by atoms with E-state index in [4.69, 9.17) is 4.42 Å². The Morgan fingerprint density at radius 3 is 2.54 bits per heavy atom. The van der Waals surface area contributed by atoms with E-state index in [0.29, 0.717) is 11.4 Å². The molecule has 6 nitrogen and oxygen atoms in total. The third-order valence-corrected chi connectivity index (χ3v) is 4.95. The van der Waals surface area contributed by atoms with Gasteiger partial charge in [-0.25, -0.2) is 8.42 Å². The van der Waals surface area contributed by atoms with Crippen molar-refractivity contribution in [1.29, 1.82) is 0 Å². The predicted octanol–water partition coefficient (Wildman–Crippen LogP) is 2.37. The van der Waals surface area contributed by atoms with Crippen LogP contribution in [0.5, 0.6) is 0 Å². The van der Waals surface area contributed by atoms with Crippen LogP contribution in [0.4, 0.5) is 5.69 Å². The van der Waals surface area contributed by atoms with Gasteiger partial charge in [-0.1, -0.05) is 6.07 Å². The Balaban J connectivity index is 2.01. The Morgan fingerprint density at radius 1 is 1.21 bits per heavy atom. The molecule has 0 bridgehead atoms. The fourth-order valence-corrected chi connectivity index (χ4v) is 3.18. The number of hydrogen-bond acceptors (Lipinski definition) is 4. The summed E-state index contributed by atoms with van der Waals surface area (Å²) in [6, 6.07) is 8.95. The SMILES string of the molecule is Cc1ccc(N(CCC(=O)NCc2ccco2)S(C)(=O)=O)cc1C. The lowest BCUT2D eigenvalue weighted by atomic mass is 10.1. The van der Waals surface area contributed by atoms with Crippen molar-refractivity contribution >= 4 is 21.6 Å². The summed E-state index contributed by atoms with van der Waals surface area (Å²) in [6.45, 7) is 4.26. The number of aryl methyl sites for hydroxylation is 2. The third-order valence-electron chi connectivity index (χ3n) is 3.76. The Labute approximate surface area is 142 Å². The highest BCUT2D eigenvalue weighted by atomic mass is 32.2. The molecule has 1 amide bonds. The predicted molar refractivity (Wildman–Crippen MR) is 93.3 cm³/mol. The van der Waals surface area contributed by atoms with E-state index >= 15 is 0 Å². The summed E-state index contributed by atoms with van der Waals surface area (Å²) in [5.74, 6) is 0.418. The molecular weight excluding hydrogens is 328 g/mol. The van der Waals surface area contributed by atoms with Gasteiger partial charge >= 0.3 is 0 Å². The molecule has 1 N–H and O–H groups in total. The number of amides is 1. The number of nitrogens with one attached hydrogen (secondary N) is 1. The molecule has 0 atom stereocenters. The topological polar surface area (TPSA) is 79.6 Å². The van der Waals surface area contributed by atoms with Gasteiger partial charge in [-0.15, -0.1) is 0 Å². The lowest BCUT2D eigenvalue weighted by Crippen LogP contribution is -2.34. The van der Waals surface area contributed by atoms with E-state index < -0.39 is 10.0 Å². The summed E-state index contributed by atoms with van der Waals surface area (Å²) in [4.78, 5) is 11.9. The highest BCUT2D eigenvalue weighted by Gasteiger charge is 2.19. The Morgan fingerprint density at radius 2 is 1.96 bits per heavy atom. The van der Waals surface area contributed by atoms with Crippen LogP contribution in [-0.2, 0) is 21.4 Å². The van der Waals surface area contributed by atoms with Crippen LogP contribution >= 0.6 is 0 Å². The van der Waals surface area contributed by atoms with Gasteiger partial charge < -0.3 is 9.73 Å². The number of anilines is 1. The zero-order valence-corrected chi connectivity index (χ0v) is 14.9. The second kappa shape index (κ2) is 7.53. The first kappa shape index (κ1) is 18.1. The molecule has 0 fully saturated rings. The van der Waals surface area contributed by atoms with Crippen LogP contribution in [0.3, 0.4) is 0 Å². The number of rotatable bonds is 7. The maximum atomic E-state index is 12.1. The second-order valence-corrected chi connectivity index (χ2v) is 7.62. The largest absolute Gasteiger partial charge is 0.467 e. The molecule has 0 saturated heterocycles. The van der Waals surface area contributed by atoms with Crippen molar-refractivity contribution in [2.75, 3.05) is 17.1 Å². The van der Waals surface area contributed by atoms with Crippen molar-refractivity contribution < 1.29 is 17.6 Å². The van der Waals surface area contributed by atoms with Gasteiger partial charge in [-0.05, 0) is 49.2 Å².